The number of piperazine rings is 1. The van der Waals surface area contributed by atoms with Crippen molar-refractivity contribution in [2.75, 3.05) is 38.1 Å². The SMILES string of the molecule is CNC(C)c1ccc(N2CCN3CCCC3C2)cc1O. The van der Waals surface area contributed by atoms with Crippen molar-refractivity contribution in [2.45, 2.75) is 31.8 Å². The van der Waals surface area contributed by atoms with Gasteiger partial charge >= 0.3 is 0 Å². The Labute approximate surface area is 121 Å². The van der Waals surface area contributed by atoms with Gasteiger partial charge in [0.05, 0.1) is 0 Å². The first-order chi connectivity index (χ1) is 9.69. The Hall–Kier alpha value is -1.26. The number of rotatable bonds is 3. The molecule has 2 heterocycles. The van der Waals surface area contributed by atoms with Crippen LogP contribution in [-0.4, -0.2) is 49.3 Å². The lowest BCUT2D eigenvalue weighted by molar-refractivity contribution is 0.231. The maximum Gasteiger partial charge on any atom is 0.122 e. The minimum atomic E-state index is 0.177. The molecule has 2 aliphatic rings. The molecule has 0 spiro atoms. The summed E-state index contributed by atoms with van der Waals surface area (Å²) in [6.07, 6.45) is 2.65. The van der Waals surface area contributed by atoms with Gasteiger partial charge in [0.2, 0.25) is 0 Å². The van der Waals surface area contributed by atoms with Gasteiger partial charge in [0.15, 0.2) is 0 Å². The molecule has 0 aliphatic carbocycles. The first kappa shape index (κ1) is 13.7. The Kier molecular flexibility index (Phi) is 3.85. The fourth-order valence-electron chi connectivity index (χ4n) is 3.48. The lowest BCUT2D eigenvalue weighted by Gasteiger charge is -2.39. The van der Waals surface area contributed by atoms with Gasteiger partial charge < -0.3 is 15.3 Å². The maximum atomic E-state index is 10.2. The predicted molar refractivity (Wildman–Crippen MR) is 82.4 cm³/mol. The van der Waals surface area contributed by atoms with Crippen LogP contribution in [0, 0.1) is 0 Å². The summed E-state index contributed by atoms with van der Waals surface area (Å²) < 4.78 is 0. The van der Waals surface area contributed by atoms with E-state index < -0.39 is 0 Å². The van der Waals surface area contributed by atoms with Crippen LogP contribution in [0.1, 0.15) is 31.4 Å². The minimum Gasteiger partial charge on any atom is -0.508 e. The molecule has 2 unspecified atom stereocenters. The van der Waals surface area contributed by atoms with E-state index in [2.05, 4.69) is 28.1 Å². The molecule has 0 amide bonds. The third kappa shape index (κ3) is 2.50. The summed E-state index contributed by atoms with van der Waals surface area (Å²) in [5.41, 5.74) is 2.12. The van der Waals surface area contributed by atoms with Crippen molar-refractivity contribution in [1.29, 1.82) is 0 Å². The summed E-state index contributed by atoms with van der Waals surface area (Å²) >= 11 is 0. The molecule has 0 bridgehead atoms. The third-order valence-electron chi connectivity index (χ3n) is 4.87. The van der Waals surface area contributed by atoms with E-state index in [1.54, 1.807) is 0 Å². The lowest BCUT2D eigenvalue weighted by Crippen LogP contribution is -2.50. The van der Waals surface area contributed by atoms with Gasteiger partial charge in [-0.25, -0.2) is 0 Å². The highest BCUT2D eigenvalue weighted by atomic mass is 16.3. The molecule has 0 saturated carbocycles. The molecule has 1 aromatic rings. The molecule has 0 radical (unpaired) electrons. The van der Waals surface area contributed by atoms with Crippen LogP contribution in [0.2, 0.25) is 0 Å². The van der Waals surface area contributed by atoms with Crippen molar-refractivity contribution in [3.05, 3.63) is 23.8 Å². The van der Waals surface area contributed by atoms with Gasteiger partial charge in [-0.1, -0.05) is 6.07 Å². The van der Waals surface area contributed by atoms with E-state index in [0.717, 1.165) is 30.9 Å². The normalized spacial score (nSPS) is 24.7. The van der Waals surface area contributed by atoms with E-state index in [4.69, 9.17) is 0 Å². The largest absolute Gasteiger partial charge is 0.508 e. The summed E-state index contributed by atoms with van der Waals surface area (Å²) in [6, 6.07) is 7.01. The number of benzene rings is 1. The number of hydrogen-bond acceptors (Lipinski definition) is 4. The van der Waals surface area contributed by atoms with Crippen molar-refractivity contribution in [2.24, 2.45) is 0 Å². The zero-order valence-electron chi connectivity index (χ0n) is 12.5. The summed E-state index contributed by atoms with van der Waals surface area (Å²) in [6.45, 7) is 6.64. The molecule has 2 aliphatic heterocycles. The molecule has 2 N–H and O–H groups in total. The van der Waals surface area contributed by atoms with Crippen molar-refractivity contribution in [1.82, 2.24) is 10.2 Å². The van der Waals surface area contributed by atoms with Crippen LogP contribution in [0.5, 0.6) is 5.75 Å². The molecule has 2 atom stereocenters. The molecule has 3 rings (SSSR count). The number of aromatic hydroxyl groups is 1. The molecular formula is C16H25N3O. The highest BCUT2D eigenvalue weighted by molar-refractivity contribution is 5.54. The quantitative estimate of drug-likeness (QED) is 0.884. The van der Waals surface area contributed by atoms with Gasteiger partial charge in [-0.3, -0.25) is 4.90 Å². The Balaban J connectivity index is 1.76. The standard InChI is InChI=1S/C16H25N3O/c1-12(17-2)15-6-5-13(10-16(15)20)19-9-8-18-7-3-4-14(18)11-19/h5-6,10,12,14,17,20H,3-4,7-9,11H2,1-2H3. The van der Waals surface area contributed by atoms with Gasteiger partial charge in [-0.15, -0.1) is 0 Å². The van der Waals surface area contributed by atoms with E-state index in [1.807, 2.05) is 19.2 Å². The van der Waals surface area contributed by atoms with Crippen LogP contribution in [-0.2, 0) is 0 Å². The molecule has 4 heteroatoms. The lowest BCUT2D eigenvalue weighted by atomic mass is 10.1. The second kappa shape index (κ2) is 5.62. The molecule has 110 valence electrons. The number of anilines is 1. The highest BCUT2D eigenvalue weighted by Crippen LogP contribution is 2.31. The molecule has 4 nitrogen and oxygen atoms in total. The summed E-state index contributed by atoms with van der Waals surface area (Å²) in [5.74, 6) is 0.401. The monoisotopic (exact) mass is 275 g/mol. The molecule has 2 fully saturated rings. The Bertz CT molecular complexity index is 477. The molecule has 1 aromatic carbocycles. The van der Waals surface area contributed by atoms with Crippen LogP contribution in [0.25, 0.3) is 0 Å². The van der Waals surface area contributed by atoms with Gasteiger partial charge in [0, 0.05) is 49.0 Å². The Morgan fingerprint density at radius 2 is 2.15 bits per heavy atom. The Morgan fingerprint density at radius 1 is 1.30 bits per heavy atom. The zero-order chi connectivity index (χ0) is 14.1. The summed E-state index contributed by atoms with van der Waals surface area (Å²) in [4.78, 5) is 5.02. The van der Waals surface area contributed by atoms with E-state index >= 15 is 0 Å². The predicted octanol–water partition coefficient (Wildman–Crippen LogP) is 1.96. The van der Waals surface area contributed by atoms with Crippen molar-refractivity contribution in [3.8, 4) is 5.75 Å². The molecular weight excluding hydrogens is 250 g/mol. The van der Waals surface area contributed by atoms with Gasteiger partial charge in [0.1, 0.15) is 5.75 Å². The molecule has 2 saturated heterocycles. The van der Waals surface area contributed by atoms with Crippen molar-refractivity contribution in [3.63, 3.8) is 0 Å². The smallest absolute Gasteiger partial charge is 0.122 e. The summed E-state index contributed by atoms with van der Waals surface area (Å²) in [5, 5.41) is 13.4. The van der Waals surface area contributed by atoms with E-state index in [0.29, 0.717) is 11.8 Å². The van der Waals surface area contributed by atoms with Crippen LogP contribution in [0.3, 0.4) is 0 Å². The fraction of sp³-hybridized carbons (Fsp3) is 0.625. The van der Waals surface area contributed by atoms with E-state index in [9.17, 15) is 5.11 Å². The average Bonchev–Trinajstić information content (AvgIpc) is 2.93. The number of phenols is 1. The number of nitrogens with zero attached hydrogens (tertiary/aromatic N) is 2. The Morgan fingerprint density at radius 3 is 2.90 bits per heavy atom. The first-order valence-corrected chi connectivity index (χ1v) is 7.68. The first-order valence-electron chi connectivity index (χ1n) is 7.68. The van der Waals surface area contributed by atoms with Crippen LogP contribution >= 0.6 is 0 Å². The van der Waals surface area contributed by atoms with Gasteiger partial charge in [-0.2, -0.15) is 0 Å². The number of phenolic OH excluding ortho intramolecular Hbond substituents is 1. The number of hydrogen-bond donors (Lipinski definition) is 2. The zero-order valence-corrected chi connectivity index (χ0v) is 12.5. The second-order valence-electron chi connectivity index (χ2n) is 6.03. The van der Waals surface area contributed by atoms with E-state index in [-0.39, 0.29) is 6.04 Å². The van der Waals surface area contributed by atoms with Crippen LogP contribution in [0.15, 0.2) is 18.2 Å². The topological polar surface area (TPSA) is 38.7 Å². The second-order valence-corrected chi connectivity index (χ2v) is 6.03. The summed E-state index contributed by atoms with van der Waals surface area (Å²) in [7, 11) is 1.91. The van der Waals surface area contributed by atoms with Gasteiger partial charge in [0.25, 0.3) is 0 Å². The number of fused-ring (bicyclic) bond motifs is 1. The molecule has 20 heavy (non-hydrogen) atoms. The number of nitrogens with one attached hydrogen (secondary N) is 1. The van der Waals surface area contributed by atoms with E-state index in [1.165, 1.54) is 19.4 Å². The van der Waals surface area contributed by atoms with Crippen molar-refractivity contribution < 1.29 is 5.11 Å². The fourth-order valence-corrected chi connectivity index (χ4v) is 3.48. The third-order valence-corrected chi connectivity index (χ3v) is 4.87. The minimum absolute atomic E-state index is 0.177. The molecule has 0 aromatic heterocycles. The van der Waals surface area contributed by atoms with Crippen LogP contribution < -0.4 is 10.2 Å². The van der Waals surface area contributed by atoms with Crippen LogP contribution in [0.4, 0.5) is 5.69 Å². The average molecular weight is 275 g/mol. The van der Waals surface area contributed by atoms with Crippen molar-refractivity contribution >= 4 is 5.69 Å². The van der Waals surface area contributed by atoms with Gasteiger partial charge in [-0.05, 0) is 39.4 Å². The highest BCUT2D eigenvalue weighted by Gasteiger charge is 2.30. The maximum absolute atomic E-state index is 10.2.